The van der Waals surface area contributed by atoms with Crippen LogP contribution in [-0.2, 0) is 9.59 Å². The van der Waals surface area contributed by atoms with E-state index in [4.69, 9.17) is 0 Å². The van der Waals surface area contributed by atoms with E-state index in [9.17, 15) is 9.59 Å². The summed E-state index contributed by atoms with van der Waals surface area (Å²) in [6.07, 6.45) is 1.25. The first kappa shape index (κ1) is 14.6. The van der Waals surface area contributed by atoms with Crippen molar-refractivity contribution < 1.29 is 9.59 Å². The minimum absolute atomic E-state index is 0.0167. The van der Waals surface area contributed by atoms with E-state index in [1.807, 2.05) is 30.3 Å². The van der Waals surface area contributed by atoms with Crippen molar-refractivity contribution in [2.24, 2.45) is 11.8 Å². The lowest BCUT2D eigenvalue weighted by atomic mass is 10.0. The quantitative estimate of drug-likeness (QED) is 0.892. The molecule has 1 saturated carbocycles. The molecule has 0 aromatic heterocycles. The van der Waals surface area contributed by atoms with Gasteiger partial charge in [0.2, 0.25) is 11.8 Å². The number of benzene rings is 1. The Labute approximate surface area is 120 Å². The van der Waals surface area contributed by atoms with Gasteiger partial charge in [-0.3, -0.25) is 9.59 Å². The molecule has 4 nitrogen and oxygen atoms in total. The maximum absolute atomic E-state index is 12.1. The van der Waals surface area contributed by atoms with Crippen LogP contribution in [0.1, 0.15) is 31.4 Å². The number of nitrogens with one attached hydrogen (secondary N) is 1. The first-order valence-corrected chi connectivity index (χ1v) is 7.04. The Morgan fingerprint density at radius 2 is 1.90 bits per heavy atom. The lowest BCUT2D eigenvalue weighted by Crippen LogP contribution is -2.34. The highest BCUT2D eigenvalue weighted by Crippen LogP contribution is 2.38. The Morgan fingerprint density at radius 1 is 1.30 bits per heavy atom. The van der Waals surface area contributed by atoms with Gasteiger partial charge in [-0.2, -0.15) is 0 Å². The molecule has 2 amide bonds. The molecule has 0 bridgehead atoms. The normalized spacial score (nSPS) is 21.9. The molecule has 0 radical (unpaired) electrons. The molecular formula is C16H22N2O2. The molecule has 0 unspecified atom stereocenters. The van der Waals surface area contributed by atoms with Crippen molar-refractivity contribution in [3.63, 3.8) is 0 Å². The molecule has 0 aliphatic heterocycles. The van der Waals surface area contributed by atoms with Crippen molar-refractivity contribution in [3.05, 3.63) is 35.9 Å². The van der Waals surface area contributed by atoms with E-state index in [-0.39, 0.29) is 23.8 Å². The van der Waals surface area contributed by atoms with Crippen molar-refractivity contribution in [2.75, 3.05) is 14.1 Å². The molecule has 1 N–H and O–H groups in total. The minimum atomic E-state index is -0.244. The molecular weight excluding hydrogens is 252 g/mol. The van der Waals surface area contributed by atoms with E-state index in [0.717, 1.165) is 12.0 Å². The van der Waals surface area contributed by atoms with Gasteiger partial charge in [0.25, 0.3) is 0 Å². The van der Waals surface area contributed by atoms with Gasteiger partial charge in [-0.1, -0.05) is 37.3 Å². The fourth-order valence-electron chi connectivity index (χ4n) is 2.26. The van der Waals surface area contributed by atoms with Gasteiger partial charge in [-0.25, -0.2) is 0 Å². The van der Waals surface area contributed by atoms with Crippen molar-refractivity contribution in [1.82, 2.24) is 10.2 Å². The molecule has 1 aliphatic rings. The Kier molecular flexibility index (Phi) is 4.42. The van der Waals surface area contributed by atoms with Gasteiger partial charge in [-0.05, 0) is 17.9 Å². The van der Waals surface area contributed by atoms with Crippen LogP contribution in [0, 0.1) is 11.8 Å². The summed E-state index contributed by atoms with van der Waals surface area (Å²) in [6, 6.07) is 9.43. The summed E-state index contributed by atoms with van der Waals surface area (Å²) in [5.41, 5.74) is 0.976. The molecule has 1 aromatic rings. The maximum Gasteiger partial charge on any atom is 0.224 e. The van der Waals surface area contributed by atoms with E-state index >= 15 is 0 Å². The second kappa shape index (κ2) is 6.07. The smallest absolute Gasteiger partial charge is 0.224 e. The van der Waals surface area contributed by atoms with Crippen LogP contribution in [0.15, 0.2) is 30.3 Å². The van der Waals surface area contributed by atoms with Gasteiger partial charge >= 0.3 is 0 Å². The molecule has 2 rings (SSSR count). The third kappa shape index (κ3) is 3.59. The predicted octanol–water partition coefficient (Wildman–Crippen LogP) is 1.98. The summed E-state index contributed by atoms with van der Waals surface area (Å²) >= 11 is 0. The molecule has 0 spiro atoms. The van der Waals surface area contributed by atoms with E-state index in [2.05, 4.69) is 12.2 Å². The van der Waals surface area contributed by atoms with Gasteiger partial charge in [0.05, 0.1) is 12.5 Å². The van der Waals surface area contributed by atoms with Crippen LogP contribution in [0.3, 0.4) is 0 Å². The van der Waals surface area contributed by atoms with Crippen LogP contribution >= 0.6 is 0 Å². The zero-order valence-electron chi connectivity index (χ0n) is 12.3. The topological polar surface area (TPSA) is 49.4 Å². The average Bonchev–Trinajstić information content (AvgIpc) is 3.16. The van der Waals surface area contributed by atoms with Gasteiger partial charge in [0, 0.05) is 20.0 Å². The number of hydrogen-bond acceptors (Lipinski definition) is 2. The van der Waals surface area contributed by atoms with E-state index in [0.29, 0.717) is 12.3 Å². The van der Waals surface area contributed by atoms with Crippen LogP contribution in [0.4, 0.5) is 0 Å². The summed E-state index contributed by atoms with van der Waals surface area (Å²) in [7, 11) is 3.46. The molecule has 3 atom stereocenters. The predicted molar refractivity (Wildman–Crippen MR) is 77.9 cm³/mol. The Morgan fingerprint density at radius 3 is 2.40 bits per heavy atom. The molecule has 1 fully saturated rings. The van der Waals surface area contributed by atoms with E-state index in [1.54, 1.807) is 19.0 Å². The summed E-state index contributed by atoms with van der Waals surface area (Å²) in [4.78, 5) is 25.6. The lowest BCUT2D eigenvalue weighted by Gasteiger charge is -2.21. The highest BCUT2D eigenvalue weighted by atomic mass is 16.2. The molecule has 1 aliphatic carbocycles. The second-order valence-corrected chi connectivity index (χ2v) is 5.78. The Hall–Kier alpha value is -1.84. The minimum Gasteiger partial charge on any atom is -0.349 e. The first-order valence-electron chi connectivity index (χ1n) is 7.04. The van der Waals surface area contributed by atoms with Crippen LogP contribution in [0.5, 0.6) is 0 Å². The monoisotopic (exact) mass is 274 g/mol. The Bertz CT molecular complexity index is 485. The number of amides is 2. The molecule has 108 valence electrons. The number of carbonyl (C=O) groups excluding carboxylic acids is 2. The third-order valence-corrected chi connectivity index (χ3v) is 3.84. The molecule has 20 heavy (non-hydrogen) atoms. The summed E-state index contributed by atoms with van der Waals surface area (Å²) in [5.74, 6) is 0.674. The fraction of sp³-hybridized carbons (Fsp3) is 0.500. The summed E-state index contributed by atoms with van der Waals surface area (Å²) in [6.45, 7) is 2.08. The van der Waals surface area contributed by atoms with Crippen molar-refractivity contribution >= 4 is 11.8 Å². The van der Waals surface area contributed by atoms with Crippen molar-refractivity contribution in [2.45, 2.75) is 25.8 Å². The first-order chi connectivity index (χ1) is 9.49. The number of nitrogens with zero attached hydrogens (tertiary/aromatic N) is 1. The largest absolute Gasteiger partial charge is 0.349 e. The second-order valence-electron chi connectivity index (χ2n) is 5.78. The van der Waals surface area contributed by atoms with Crippen LogP contribution in [0.2, 0.25) is 0 Å². The van der Waals surface area contributed by atoms with Gasteiger partial charge < -0.3 is 10.2 Å². The standard InChI is InChI=1S/C16H22N2O2/c1-11-9-13(11)16(20)17-14(10-15(19)18(2)3)12-7-5-4-6-8-12/h4-8,11,13-14H,9-10H2,1-3H3,(H,17,20)/t11-,13+,14-/m1/s1. The van der Waals surface area contributed by atoms with Gasteiger partial charge in [0.1, 0.15) is 0 Å². The van der Waals surface area contributed by atoms with Crippen LogP contribution in [0.25, 0.3) is 0 Å². The number of rotatable bonds is 5. The van der Waals surface area contributed by atoms with Crippen molar-refractivity contribution in [3.8, 4) is 0 Å². The zero-order valence-corrected chi connectivity index (χ0v) is 12.3. The molecule has 4 heteroatoms. The Balaban J connectivity index is 2.07. The van der Waals surface area contributed by atoms with E-state index < -0.39 is 0 Å². The number of hydrogen-bond donors (Lipinski definition) is 1. The number of carbonyl (C=O) groups is 2. The third-order valence-electron chi connectivity index (χ3n) is 3.84. The van der Waals surface area contributed by atoms with Crippen LogP contribution < -0.4 is 5.32 Å². The highest BCUT2D eigenvalue weighted by Gasteiger charge is 2.40. The van der Waals surface area contributed by atoms with Crippen molar-refractivity contribution in [1.29, 1.82) is 0 Å². The molecule has 0 saturated heterocycles. The van der Waals surface area contributed by atoms with Gasteiger partial charge in [-0.15, -0.1) is 0 Å². The molecule has 1 aromatic carbocycles. The summed E-state index contributed by atoms with van der Waals surface area (Å²) in [5, 5.41) is 3.03. The SMILES string of the molecule is C[C@@H]1C[C@@H]1C(=O)N[C@H](CC(=O)N(C)C)c1ccccc1. The highest BCUT2D eigenvalue weighted by molar-refractivity contribution is 5.83. The summed E-state index contributed by atoms with van der Waals surface area (Å²) < 4.78 is 0. The zero-order chi connectivity index (χ0) is 14.7. The lowest BCUT2D eigenvalue weighted by molar-refractivity contribution is -0.129. The maximum atomic E-state index is 12.1. The fourth-order valence-corrected chi connectivity index (χ4v) is 2.26. The molecule has 0 heterocycles. The van der Waals surface area contributed by atoms with Crippen LogP contribution in [-0.4, -0.2) is 30.8 Å². The van der Waals surface area contributed by atoms with Gasteiger partial charge in [0.15, 0.2) is 0 Å². The van der Waals surface area contributed by atoms with E-state index in [1.165, 1.54) is 0 Å². The average molecular weight is 274 g/mol.